The van der Waals surface area contributed by atoms with Crippen molar-refractivity contribution in [2.75, 3.05) is 0 Å². The van der Waals surface area contributed by atoms with E-state index in [-0.39, 0.29) is 0 Å². The van der Waals surface area contributed by atoms with E-state index >= 15 is 0 Å². The van der Waals surface area contributed by atoms with Gasteiger partial charge in [0.05, 0.1) is 16.9 Å². The molecule has 2 aromatic heterocycles. The lowest BCUT2D eigenvalue weighted by molar-refractivity contribution is 0.112. The molecule has 3 aromatic rings. The number of rotatable bonds is 3. The number of para-hydroxylation sites is 1. The Morgan fingerprint density at radius 1 is 1.05 bits per heavy atom. The average Bonchev–Trinajstić information content (AvgIpc) is 3.06. The summed E-state index contributed by atoms with van der Waals surface area (Å²) in [5.41, 5.74) is 2.27. The largest absolute Gasteiger partial charge is 0.308 e. The van der Waals surface area contributed by atoms with E-state index in [1.807, 2.05) is 66.3 Å². The first-order valence-corrected chi connectivity index (χ1v) is 6.05. The number of aromatic nitrogens is 3. The highest BCUT2D eigenvalue weighted by Gasteiger charge is 2.16. The van der Waals surface area contributed by atoms with Gasteiger partial charge in [-0.25, -0.2) is 4.68 Å². The second kappa shape index (κ2) is 4.57. The number of hydrogen-bond donors (Lipinski definition) is 0. The summed E-state index contributed by atoms with van der Waals surface area (Å²) < 4.78 is 3.69. The summed E-state index contributed by atoms with van der Waals surface area (Å²) in [5.74, 6) is 0.767. The maximum absolute atomic E-state index is 11.3. The number of hydrogen-bond acceptors (Lipinski definition) is 2. The lowest BCUT2D eigenvalue weighted by atomic mass is 10.2. The van der Waals surface area contributed by atoms with E-state index in [1.54, 1.807) is 4.68 Å². The minimum absolute atomic E-state index is 0.611. The normalized spacial score (nSPS) is 10.6. The maximum Gasteiger partial charge on any atom is 0.155 e. The van der Waals surface area contributed by atoms with Crippen LogP contribution in [0.25, 0.3) is 11.5 Å². The molecule has 0 aliphatic rings. The van der Waals surface area contributed by atoms with Crippen molar-refractivity contribution in [2.24, 2.45) is 0 Å². The van der Waals surface area contributed by atoms with Crippen molar-refractivity contribution in [2.45, 2.75) is 6.92 Å². The molecule has 2 heterocycles. The van der Waals surface area contributed by atoms with Crippen LogP contribution in [0, 0.1) is 6.92 Å². The molecular formula is C15H13N3O. The Labute approximate surface area is 110 Å². The Balaban J connectivity index is 2.29. The minimum Gasteiger partial charge on any atom is -0.308 e. The fourth-order valence-electron chi connectivity index (χ4n) is 2.14. The summed E-state index contributed by atoms with van der Waals surface area (Å²) in [4.78, 5) is 11.3. The third-order valence-corrected chi connectivity index (χ3v) is 3.05. The number of nitrogens with zero attached hydrogens (tertiary/aromatic N) is 3. The van der Waals surface area contributed by atoms with Crippen LogP contribution >= 0.6 is 0 Å². The molecular weight excluding hydrogens is 238 g/mol. The van der Waals surface area contributed by atoms with Gasteiger partial charge in [-0.3, -0.25) is 4.79 Å². The lowest BCUT2D eigenvalue weighted by Crippen LogP contribution is -2.05. The lowest BCUT2D eigenvalue weighted by Gasteiger charge is -2.08. The Kier molecular flexibility index (Phi) is 2.76. The molecule has 1 aromatic carbocycles. The Bertz CT molecular complexity index is 697. The monoisotopic (exact) mass is 251 g/mol. The zero-order valence-electron chi connectivity index (χ0n) is 10.5. The number of benzene rings is 1. The highest BCUT2D eigenvalue weighted by atomic mass is 16.1. The van der Waals surface area contributed by atoms with E-state index < -0.39 is 0 Å². The van der Waals surface area contributed by atoms with Gasteiger partial charge in [-0.05, 0) is 31.2 Å². The van der Waals surface area contributed by atoms with E-state index in [2.05, 4.69) is 5.10 Å². The molecule has 0 saturated carbocycles. The molecule has 0 unspecified atom stereocenters. The number of aryl methyl sites for hydroxylation is 1. The molecule has 0 aliphatic heterocycles. The molecule has 0 aliphatic carbocycles. The molecule has 0 atom stereocenters. The molecule has 0 saturated heterocycles. The molecule has 4 heteroatoms. The Morgan fingerprint density at radius 3 is 2.37 bits per heavy atom. The molecule has 19 heavy (non-hydrogen) atoms. The van der Waals surface area contributed by atoms with E-state index in [0.29, 0.717) is 5.56 Å². The van der Waals surface area contributed by atoms with Crippen molar-refractivity contribution in [3.63, 3.8) is 0 Å². The van der Waals surface area contributed by atoms with Gasteiger partial charge < -0.3 is 4.57 Å². The second-order valence-electron chi connectivity index (χ2n) is 4.28. The van der Waals surface area contributed by atoms with Gasteiger partial charge in [-0.2, -0.15) is 5.10 Å². The third-order valence-electron chi connectivity index (χ3n) is 3.05. The summed E-state index contributed by atoms with van der Waals surface area (Å²) in [6.45, 7) is 1.84. The summed E-state index contributed by atoms with van der Waals surface area (Å²) in [6.07, 6.45) is 4.67. The van der Waals surface area contributed by atoms with Crippen molar-refractivity contribution >= 4 is 6.29 Å². The molecule has 4 nitrogen and oxygen atoms in total. The first kappa shape index (κ1) is 11.5. The molecule has 0 fully saturated rings. The summed E-state index contributed by atoms with van der Waals surface area (Å²) in [5, 5.41) is 4.47. The second-order valence-corrected chi connectivity index (χ2v) is 4.28. The van der Waals surface area contributed by atoms with Gasteiger partial charge in [0.25, 0.3) is 0 Å². The van der Waals surface area contributed by atoms with Crippen LogP contribution in [0.1, 0.15) is 16.1 Å². The number of carbonyl (C=O) groups excluding carboxylic acids is 1. The molecule has 0 spiro atoms. The van der Waals surface area contributed by atoms with Gasteiger partial charge in [0.15, 0.2) is 12.1 Å². The first-order chi connectivity index (χ1) is 9.31. The predicted molar refractivity (Wildman–Crippen MR) is 73.0 cm³/mol. The molecule has 0 amide bonds. The van der Waals surface area contributed by atoms with Crippen LogP contribution in [0.4, 0.5) is 0 Å². The van der Waals surface area contributed by atoms with Crippen molar-refractivity contribution < 1.29 is 4.79 Å². The zero-order chi connectivity index (χ0) is 13.2. The molecule has 0 bridgehead atoms. The van der Waals surface area contributed by atoms with Gasteiger partial charge in [-0.15, -0.1) is 0 Å². The first-order valence-electron chi connectivity index (χ1n) is 6.05. The van der Waals surface area contributed by atoms with Crippen molar-refractivity contribution in [3.05, 3.63) is 66.1 Å². The number of aldehydes is 1. The highest BCUT2D eigenvalue weighted by molar-refractivity contribution is 5.82. The zero-order valence-corrected chi connectivity index (χ0v) is 10.5. The highest BCUT2D eigenvalue weighted by Crippen LogP contribution is 2.21. The van der Waals surface area contributed by atoms with Gasteiger partial charge in [0.2, 0.25) is 0 Å². The smallest absolute Gasteiger partial charge is 0.155 e. The van der Waals surface area contributed by atoms with Crippen molar-refractivity contribution in [1.82, 2.24) is 14.3 Å². The van der Waals surface area contributed by atoms with Crippen molar-refractivity contribution in [3.8, 4) is 11.5 Å². The average molecular weight is 251 g/mol. The van der Waals surface area contributed by atoms with E-state index in [4.69, 9.17) is 0 Å². The van der Waals surface area contributed by atoms with Crippen LogP contribution in [0.15, 0.2) is 54.9 Å². The van der Waals surface area contributed by atoms with E-state index in [0.717, 1.165) is 23.5 Å². The van der Waals surface area contributed by atoms with Crippen LogP contribution in [0.3, 0.4) is 0 Å². The number of carbonyl (C=O) groups is 1. The summed E-state index contributed by atoms with van der Waals surface area (Å²) >= 11 is 0. The van der Waals surface area contributed by atoms with Crippen molar-refractivity contribution in [1.29, 1.82) is 0 Å². The van der Waals surface area contributed by atoms with Gasteiger partial charge in [0, 0.05) is 12.4 Å². The molecule has 0 radical (unpaired) electrons. The SMILES string of the molecule is Cc1nn(-c2ccccc2)c(-n2cccc2)c1C=O. The predicted octanol–water partition coefficient (Wildman–Crippen LogP) is 2.78. The van der Waals surface area contributed by atoms with E-state index in [1.165, 1.54) is 0 Å². The Hall–Kier alpha value is -2.62. The van der Waals surface area contributed by atoms with Gasteiger partial charge in [0.1, 0.15) is 0 Å². The molecule has 94 valence electrons. The summed E-state index contributed by atoms with van der Waals surface area (Å²) in [6, 6.07) is 13.6. The standard InChI is InChI=1S/C15H13N3O/c1-12-14(11-19)15(17-9-5-6-10-17)18(16-12)13-7-3-2-4-8-13/h2-11H,1H3. The molecule has 0 N–H and O–H groups in total. The Morgan fingerprint density at radius 2 is 1.74 bits per heavy atom. The topological polar surface area (TPSA) is 39.8 Å². The molecule has 3 rings (SSSR count). The van der Waals surface area contributed by atoms with Crippen LogP contribution in [0.2, 0.25) is 0 Å². The van der Waals surface area contributed by atoms with Crippen LogP contribution < -0.4 is 0 Å². The van der Waals surface area contributed by atoms with Crippen LogP contribution in [-0.4, -0.2) is 20.6 Å². The van der Waals surface area contributed by atoms with Gasteiger partial charge >= 0.3 is 0 Å². The van der Waals surface area contributed by atoms with E-state index in [9.17, 15) is 4.79 Å². The quantitative estimate of drug-likeness (QED) is 0.671. The van der Waals surface area contributed by atoms with Gasteiger partial charge in [-0.1, -0.05) is 18.2 Å². The third kappa shape index (κ3) is 1.87. The fourth-order valence-corrected chi connectivity index (χ4v) is 2.14. The summed E-state index contributed by atoms with van der Waals surface area (Å²) in [7, 11) is 0. The minimum atomic E-state index is 0.611. The fraction of sp³-hybridized carbons (Fsp3) is 0.0667. The van der Waals surface area contributed by atoms with Crippen LogP contribution in [0.5, 0.6) is 0 Å². The van der Waals surface area contributed by atoms with Crippen LogP contribution in [-0.2, 0) is 0 Å². The maximum atomic E-state index is 11.3.